The van der Waals surface area contributed by atoms with E-state index in [2.05, 4.69) is 18.1 Å². The molecule has 0 saturated carbocycles. The summed E-state index contributed by atoms with van der Waals surface area (Å²) in [5, 5.41) is 0. The summed E-state index contributed by atoms with van der Waals surface area (Å²) in [6, 6.07) is 5.25. The maximum atomic E-state index is 13.1. The number of benzene rings is 1. The molecule has 0 aromatic heterocycles. The van der Waals surface area contributed by atoms with Crippen LogP contribution in [0.4, 0.5) is 10.1 Å². The summed E-state index contributed by atoms with van der Waals surface area (Å²) in [5.41, 5.74) is 7.55. The summed E-state index contributed by atoms with van der Waals surface area (Å²) in [4.78, 5) is 2.18. The molecule has 0 aliphatic carbocycles. The first-order chi connectivity index (χ1) is 8.10. The van der Waals surface area contributed by atoms with Gasteiger partial charge in [-0.05, 0) is 49.1 Å². The Bertz CT molecular complexity index is 357. The highest BCUT2D eigenvalue weighted by atomic mass is 32.2. The van der Waals surface area contributed by atoms with Crippen LogP contribution < -0.4 is 10.6 Å². The molecule has 1 aromatic rings. The molecule has 0 aliphatic rings. The second-order valence-electron chi connectivity index (χ2n) is 4.22. The maximum absolute atomic E-state index is 13.1. The number of nitrogens with two attached hydrogens (primary N) is 1. The highest BCUT2D eigenvalue weighted by Gasteiger charge is 2.13. The molecular formula is C13H21FN2S. The van der Waals surface area contributed by atoms with Gasteiger partial charge in [-0.2, -0.15) is 11.8 Å². The Morgan fingerprint density at radius 2 is 2.18 bits per heavy atom. The molecule has 96 valence electrons. The lowest BCUT2D eigenvalue weighted by Gasteiger charge is -2.28. The molecule has 2 nitrogen and oxygen atoms in total. The predicted octanol–water partition coefficient (Wildman–Crippen LogP) is 2.86. The lowest BCUT2D eigenvalue weighted by atomic mass is 10.1. The fourth-order valence-electron chi connectivity index (χ4n) is 1.78. The third-order valence-corrected chi connectivity index (χ3v) is 3.69. The third-order valence-electron chi connectivity index (χ3n) is 3.04. The Morgan fingerprint density at radius 3 is 2.76 bits per heavy atom. The fraction of sp³-hybridized carbons (Fsp3) is 0.538. The highest BCUT2D eigenvalue weighted by Crippen LogP contribution is 2.23. The molecular weight excluding hydrogens is 235 g/mol. The monoisotopic (exact) mass is 256 g/mol. The van der Waals surface area contributed by atoms with Crippen LogP contribution in [0.25, 0.3) is 0 Å². The zero-order valence-corrected chi connectivity index (χ0v) is 11.6. The number of hydrogen-bond donors (Lipinski definition) is 1. The number of thioether (sulfide) groups is 1. The summed E-state index contributed by atoms with van der Waals surface area (Å²) < 4.78 is 13.1. The van der Waals surface area contributed by atoms with Crippen molar-refractivity contribution in [2.45, 2.75) is 25.9 Å². The average Bonchev–Trinajstić information content (AvgIpc) is 2.34. The molecule has 1 rings (SSSR count). The zero-order chi connectivity index (χ0) is 12.8. The SMILES string of the molecule is CSCCC(C)N(C)c1ccc(F)cc1CN. The molecule has 0 fully saturated rings. The number of halogens is 1. The van der Waals surface area contributed by atoms with Gasteiger partial charge in [0.2, 0.25) is 0 Å². The molecule has 0 amide bonds. The lowest BCUT2D eigenvalue weighted by molar-refractivity contribution is 0.622. The van der Waals surface area contributed by atoms with Gasteiger partial charge in [0.25, 0.3) is 0 Å². The minimum Gasteiger partial charge on any atom is -0.372 e. The minimum atomic E-state index is -0.223. The van der Waals surface area contributed by atoms with Crippen LogP contribution in [0, 0.1) is 5.82 Å². The van der Waals surface area contributed by atoms with Crippen molar-refractivity contribution in [3.63, 3.8) is 0 Å². The van der Waals surface area contributed by atoms with Gasteiger partial charge in [-0.25, -0.2) is 4.39 Å². The van der Waals surface area contributed by atoms with Crippen molar-refractivity contribution in [1.82, 2.24) is 0 Å². The van der Waals surface area contributed by atoms with Crippen LogP contribution in [-0.4, -0.2) is 25.1 Å². The highest BCUT2D eigenvalue weighted by molar-refractivity contribution is 7.98. The van der Waals surface area contributed by atoms with Crippen molar-refractivity contribution in [2.75, 3.05) is 24.0 Å². The Balaban J connectivity index is 2.83. The van der Waals surface area contributed by atoms with E-state index < -0.39 is 0 Å². The van der Waals surface area contributed by atoms with Gasteiger partial charge in [0.05, 0.1) is 0 Å². The Hall–Kier alpha value is -0.740. The van der Waals surface area contributed by atoms with Gasteiger partial charge in [-0.15, -0.1) is 0 Å². The molecule has 0 bridgehead atoms. The van der Waals surface area contributed by atoms with E-state index in [1.807, 2.05) is 24.9 Å². The van der Waals surface area contributed by atoms with Gasteiger partial charge in [-0.3, -0.25) is 0 Å². The van der Waals surface area contributed by atoms with Crippen LogP contribution in [0.1, 0.15) is 18.9 Å². The summed E-state index contributed by atoms with van der Waals surface area (Å²) in [5.74, 6) is 0.907. The standard InChI is InChI=1S/C13H21FN2S/c1-10(6-7-17-3)16(2)13-5-4-12(14)8-11(13)9-15/h4-5,8,10H,6-7,9,15H2,1-3H3. The van der Waals surface area contributed by atoms with Crippen molar-refractivity contribution in [2.24, 2.45) is 5.73 Å². The van der Waals surface area contributed by atoms with Crippen molar-refractivity contribution in [1.29, 1.82) is 0 Å². The van der Waals surface area contributed by atoms with Crippen LogP contribution in [0.3, 0.4) is 0 Å². The summed E-state index contributed by atoms with van der Waals surface area (Å²) in [6.07, 6.45) is 3.22. The third kappa shape index (κ3) is 3.89. The van der Waals surface area contributed by atoms with Crippen molar-refractivity contribution < 1.29 is 4.39 Å². The Kier molecular flexibility index (Phi) is 5.78. The molecule has 1 atom stereocenters. The smallest absolute Gasteiger partial charge is 0.123 e. The lowest BCUT2D eigenvalue weighted by Crippen LogP contribution is -2.30. The average molecular weight is 256 g/mol. The van der Waals surface area contributed by atoms with E-state index in [-0.39, 0.29) is 5.82 Å². The second kappa shape index (κ2) is 6.87. The first kappa shape index (κ1) is 14.3. The van der Waals surface area contributed by atoms with E-state index in [9.17, 15) is 4.39 Å². The van der Waals surface area contributed by atoms with E-state index in [4.69, 9.17) is 5.73 Å². The maximum Gasteiger partial charge on any atom is 0.123 e. The molecule has 0 radical (unpaired) electrons. The van der Waals surface area contributed by atoms with Crippen LogP contribution in [0.2, 0.25) is 0 Å². The number of hydrogen-bond acceptors (Lipinski definition) is 3. The number of nitrogens with zero attached hydrogens (tertiary/aromatic N) is 1. The molecule has 1 aromatic carbocycles. The molecule has 0 aliphatic heterocycles. The fourth-order valence-corrected chi connectivity index (χ4v) is 2.36. The largest absolute Gasteiger partial charge is 0.372 e. The van der Waals surface area contributed by atoms with Crippen molar-refractivity contribution in [3.05, 3.63) is 29.6 Å². The van der Waals surface area contributed by atoms with Crippen molar-refractivity contribution >= 4 is 17.4 Å². The van der Waals surface area contributed by atoms with Gasteiger partial charge in [0.1, 0.15) is 5.82 Å². The molecule has 0 heterocycles. The van der Waals surface area contributed by atoms with Crippen LogP contribution in [0.15, 0.2) is 18.2 Å². The van der Waals surface area contributed by atoms with Gasteiger partial charge >= 0.3 is 0 Å². The van der Waals surface area contributed by atoms with Gasteiger partial charge < -0.3 is 10.6 Å². The van der Waals surface area contributed by atoms with E-state index in [1.54, 1.807) is 0 Å². The molecule has 0 spiro atoms. The molecule has 1 unspecified atom stereocenters. The first-order valence-corrected chi connectivity index (χ1v) is 7.19. The Morgan fingerprint density at radius 1 is 1.47 bits per heavy atom. The number of anilines is 1. The van der Waals surface area contributed by atoms with Crippen LogP contribution in [0.5, 0.6) is 0 Å². The first-order valence-electron chi connectivity index (χ1n) is 5.80. The normalized spacial score (nSPS) is 12.5. The van der Waals surface area contributed by atoms with E-state index in [1.165, 1.54) is 12.1 Å². The van der Waals surface area contributed by atoms with E-state index >= 15 is 0 Å². The molecule has 17 heavy (non-hydrogen) atoms. The van der Waals surface area contributed by atoms with Crippen LogP contribution in [-0.2, 0) is 6.54 Å². The van der Waals surface area contributed by atoms with E-state index in [0.29, 0.717) is 12.6 Å². The molecule has 4 heteroatoms. The quantitative estimate of drug-likeness (QED) is 0.848. The predicted molar refractivity (Wildman–Crippen MR) is 75.2 cm³/mol. The minimum absolute atomic E-state index is 0.223. The van der Waals surface area contributed by atoms with Crippen LogP contribution >= 0.6 is 11.8 Å². The topological polar surface area (TPSA) is 29.3 Å². The zero-order valence-electron chi connectivity index (χ0n) is 10.7. The summed E-state index contributed by atoms with van der Waals surface area (Å²) in [6.45, 7) is 2.55. The number of rotatable bonds is 6. The second-order valence-corrected chi connectivity index (χ2v) is 5.20. The summed E-state index contributed by atoms with van der Waals surface area (Å²) in [7, 11) is 2.04. The van der Waals surface area contributed by atoms with Gasteiger partial charge in [-0.1, -0.05) is 0 Å². The summed E-state index contributed by atoms with van der Waals surface area (Å²) >= 11 is 1.84. The van der Waals surface area contributed by atoms with Gasteiger partial charge in [0, 0.05) is 25.3 Å². The van der Waals surface area contributed by atoms with Crippen molar-refractivity contribution in [3.8, 4) is 0 Å². The van der Waals surface area contributed by atoms with E-state index in [0.717, 1.165) is 23.4 Å². The molecule has 2 N–H and O–H groups in total. The molecule has 0 saturated heterocycles. The van der Waals surface area contributed by atoms with Gasteiger partial charge in [0.15, 0.2) is 0 Å². The Labute approximate surface area is 107 Å².